The van der Waals surface area contributed by atoms with E-state index in [2.05, 4.69) is 5.32 Å². The monoisotopic (exact) mass is 497 g/mol. The van der Waals surface area contributed by atoms with Gasteiger partial charge in [0.15, 0.2) is 6.10 Å². The number of thiazole rings is 1. The largest absolute Gasteiger partial charge is 0.478 e. The molecule has 0 spiro atoms. The van der Waals surface area contributed by atoms with Crippen LogP contribution in [0.15, 0.2) is 72.1 Å². The van der Waals surface area contributed by atoms with Gasteiger partial charge in [0.05, 0.1) is 11.4 Å². The van der Waals surface area contributed by atoms with Crippen molar-refractivity contribution in [2.75, 3.05) is 16.8 Å². The van der Waals surface area contributed by atoms with Crippen LogP contribution >= 0.6 is 11.3 Å². The van der Waals surface area contributed by atoms with Crippen LogP contribution in [0.25, 0.3) is 21.8 Å². The maximum absolute atomic E-state index is 13.3. The molecule has 1 N–H and O–H groups in total. The zero-order chi connectivity index (χ0) is 25.2. The lowest BCUT2D eigenvalue weighted by molar-refractivity contribution is -0.128. The second-order valence-electron chi connectivity index (χ2n) is 8.89. The van der Waals surface area contributed by atoms with E-state index in [1.54, 1.807) is 11.3 Å². The summed E-state index contributed by atoms with van der Waals surface area (Å²) in [5, 5.41) is 5.88. The van der Waals surface area contributed by atoms with E-state index in [4.69, 9.17) is 9.72 Å². The predicted octanol–water partition coefficient (Wildman–Crippen LogP) is 6.24. The molecular weight excluding hydrogens is 470 g/mol. The van der Waals surface area contributed by atoms with Crippen LogP contribution in [-0.4, -0.2) is 29.4 Å². The van der Waals surface area contributed by atoms with E-state index in [9.17, 15) is 9.59 Å². The average Bonchev–Trinajstić information content (AvgIpc) is 3.38. The number of rotatable bonds is 6. The fraction of sp³-hybridized carbons (Fsp3) is 0.207. The Morgan fingerprint density at radius 2 is 1.86 bits per heavy atom. The van der Waals surface area contributed by atoms with E-state index in [0.29, 0.717) is 17.9 Å². The number of hydrogen-bond donors (Lipinski definition) is 1. The van der Waals surface area contributed by atoms with Gasteiger partial charge in [0.2, 0.25) is 5.91 Å². The molecule has 3 aromatic carbocycles. The third-order valence-electron chi connectivity index (χ3n) is 6.21. The smallest absolute Gasteiger partial charge is 0.268 e. The van der Waals surface area contributed by atoms with E-state index >= 15 is 0 Å². The number of nitrogens with one attached hydrogen (secondary N) is 1. The first kappa shape index (κ1) is 23.8. The fourth-order valence-electron chi connectivity index (χ4n) is 4.31. The van der Waals surface area contributed by atoms with Gasteiger partial charge in [-0.15, -0.1) is 11.3 Å². The van der Waals surface area contributed by atoms with Gasteiger partial charge in [0.1, 0.15) is 17.3 Å². The molecule has 1 atom stereocenters. The number of carbonyl (C=O) groups excluding carboxylic acids is 2. The molecule has 0 saturated carbocycles. The Morgan fingerprint density at radius 1 is 1.06 bits per heavy atom. The van der Waals surface area contributed by atoms with Gasteiger partial charge in [-0.05, 0) is 50.1 Å². The summed E-state index contributed by atoms with van der Waals surface area (Å²) < 4.78 is 5.98. The first-order chi connectivity index (χ1) is 17.4. The maximum atomic E-state index is 13.3. The van der Waals surface area contributed by atoms with Crippen molar-refractivity contribution in [1.82, 2.24) is 4.98 Å². The Bertz CT molecular complexity index is 1430. The molecule has 2 heterocycles. The van der Waals surface area contributed by atoms with Crippen LogP contribution in [-0.2, 0) is 9.59 Å². The molecule has 6 nitrogen and oxygen atoms in total. The van der Waals surface area contributed by atoms with E-state index in [1.807, 2.05) is 92.9 Å². The van der Waals surface area contributed by atoms with E-state index in [-0.39, 0.29) is 18.4 Å². The first-order valence-corrected chi connectivity index (χ1v) is 12.8. The van der Waals surface area contributed by atoms with Crippen LogP contribution in [0.1, 0.15) is 24.5 Å². The average molecular weight is 498 g/mol. The highest BCUT2D eigenvalue weighted by Crippen LogP contribution is 2.39. The van der Waals surface area contributed by atoms with Gasteiger partial charge in [0, 0.05) is 22.2 Å². The number of aryl methyl sites for hydroxylation is 2. The Balaban J connectivity index is 1.44. The summed E-state index contributed by atoms with van der Waals surface area (Å²) in [7, 11) is 0. The first-order valence-electron chi connectivity index (χ1n) is 11.9. The summed E-state index contributed by atoms with van der Waals surface area (Å²) in [6.07, 6.45) is -0.108. The second-order valence-corrected chi connectivity index (χ2v) is 9.75. The third kappa shape index (κ3) is 4.75. The number of ether oxygens (including phenoxy) is 1. The van der Waals surface area contributed by atoms with Gasteiger partial charge < -0.3 is 10.1 Å². The maximum Gasteiger partial charge on any atom is 0.268 e. The number of aromatic nitrogens is 1. The lowest BCUT2D eigenvalue weighted by atomic mass is 10.1. The van der Waals surface area contributed by atoms with Crippen LogP contribution < -0.4 is 15.0 Å². The molecule has 182 valence electrons. The number of benzene rings is 3. The molecule has 1 aromatic heterocycles. The molecule has 1 unspecified atom stereocenters. The molecular formula is C29H27N3O3S. The number of carbonyl (C=O) groups is 2. The summed E-state index contributed by atoms with van der Waals surface area (Å²) in [5.74, 6) is 0.104. The summed E-state index contributed by atoms with van der Waals surface area (Å²) in [4.78, 5) is 32.6. The van der Waals surface area contributed by atoms with Gasteiger partial charge in [-0.1, -0.05) is 55.0 Å². The summed E-state index contributed by atoms with van der Waals surface area (Å²) in [6.45, 7) is 5.76. The highest BCUT2D eigenvalue weighted by Gasteiger charge is 2.35. The zero-order valence-electron chi connectivity index (χ0n) is 20.4. The molecule has 5 rings (SSSR count). The molecule has 0 radical (unpaired) electrons. The predicted molar refractivity (Wildman–Crippen MR) is 145 cm³/mol. The molecule has 7 heteroatoms. The topological polar surface area (TPSA) is 71.5 Å². The van der Waals surface area contributed by atoms with Crippen molar-refractivity contribution < 1.29 is 14.3 Å². The molecule has 0 saturated heterocycles. The van der Waals surface area contributed by atoms with Crippen LogP contribution in [0.3, 0.4) is 0 Å². The van der Waals surface area contributed by atoms with Crippen LogP contribution in [0.5, 0.6) is 5.75 Å². The number of anilines is 2. The number of amides is 2. The Hall–Kier alpha value is -3.97. The molecule has 0 aliphatic carbocycles. The molecule has 1 aliphatic heterocycles. The van der Waals surface area contributed by atoms with Crippen molar-refractivity contribution in [3.8, 4) is 27.6 Å². The summed E-state index contributed by atoms with van der Waals surface area (Å²) in [6, 6.07) is 21.6. The summed E-state index contributed by atoms with van der Waals surface area (Å²) >= 11 is 1.57. The number of hydrogen-bond acceptors (Lipinski definition) is 5. The van der Waals surface area contributed by atoms with Gasteiger partial charge in [-0.3, -0.25) is 14.5 Å². The standard InChI is InChI=1S/C29H27N3O3S/c1-4-25-29(34)32(16-27(33)30-22-12-10-18(2)14-19(22)3)24-15-21(11-13-26(24)35-25)23-17-36-28(31-23)20-8-6-5-7-9-20/h5-15,17,25H,4,16H2,1-3H3,(H,30,33). The molecule has 4 aromatic rings. The molecule has 1 aliphatic rings. The number of nitrogens with zero attached hydrogens (tertiary/aromatic N) is 2. The number of fused-ring (bicyclic) bond motifs is 1. The quantitative estimate of drug-likeness (QED) is 0.342. The van der Waals surface area contributed by atoms with Crippen molar-refractivity contribution in [1.29, 1.82) is 0 Å². The van der Waals surface area contributed by atoms with Crippen molar-refractivity contribution >= 4 is 34.5 Å². The normalized spacial score (nSPS) is 14.8. The molecule has 2 amide bonds. The highest BCUT2D eigenvalue weighted by atomic mass is 32.1. The lowest BCUT2D eigenvalue weighted by Gasteiger charge is -2.34. The molecule has 0 fully saturated rings. The van der Waals surface area contributed by atoms with E-state index in [1.165, 1.54) is 4.90 Å². The summed E-state index contributed by atoms with van der Waals surface area (Å²) in [5.41, 5.74) is 6.14. The Morgan fingerprint density at radius 3 is 2.61 bits per heavy atom. The van der Waals surface area contributed by atoms with Gasteiger partial charge in [-0.25, -0.2) is 4.98 Å². The van der Waals surface area contributed by atoms with Crippen LogP contribution in [0.4, 0.5) is 11.4 Å². The SMILES string of the molecule is CCC1Oc2ccc(-c3csc(-c4ccccc4)n3)cc2N(CC(=O)Nc2ccc(C)cc2C)C1=O. The van der Waals surface area contributed by atoms with E-state index in [0.717, 1.165) is 38.6 Å². The Labute approximate surface area is 214 Å². The Kier molecular flexibility index (Phi) is 6.57. The van der Waals surface area contributed by atoms with Crippen molar-refractivity contribution in [3.63, 3.8) is 0 Å². The minimum absolute atomic E-state index is 0.102. The van der Waals surface area contributed by atoms with Crippen molar-refractivity contribution in [3.05, 3.63) is 83.2 Å². The molecule has 0 bridgehead atoms. The fourth-order valence-corrected chi connectivity index (χ4v) is 5.15. The zero-order valence-corrected chi connectivity index (χ0v) is 21.3. The van der Waals surface area contributed by atoms with E-state index < -0.39 is 6.10 Å². The molecule has 36 heavy (non-hydrogen) atoms. The third-order valence-corrected chi connectivity index (χ3v) is 7.10. The van der Waals surface area contributed by atoms with Crippen LogP contribution in [0, 0.1) is 13.8 Å². The van der Waals surface area contributed by atoms with Gasteiger partial charge in [0.25, 0.3) is 5.91 Å². The highest BCUT2D eigenvalue weighted by molar-refractivity contribution is 7.13. The van der Waals surface area contributed by atoms with Gasteiger partial charge >= 0.3 is 0 Å². The van der Waals surface area contributed by atoms with Crippen molar-refractivity contribution in [2.24, 2.45) is 0 Å². The minimum Gasteiger partial charge on any atom is -0.478 e. The lowest BCUT2D eigenvalue weighted by Crippen LogP contribution is -2.48. The minimum atomic E-state index is -0.624. The van der Waals surface area contributed by atoms with Gasteiger partial charge in [-0.2, -0.15) is 0 Å². The van der Waals surface area contributed by atoms with Crippen molar-refractivity contribution in [2.45, 2.75) is 33.3 Å². The van der Waals surface area contributed by atoms with Crippen LogP contribution in [0.2, 0.25) is 0 Å². The second kappa shape index (κ2) is 9.95.